The van der Waals surface area contributed by atoms with Crippen LogP contribution in [0.15, 0.2) is 23.1 Å². The van der Waals surface area contributed by atoms with Crippen molar-refractivity contribution in [3.63, 3.8) is 0 Å². The minimum Gasteiger partial charge on any atom is -0.336 e. The maximum atomic E-state index is 5.22. The number of aromatic nitrogens is 1. The smallest absolute Gasteiger partial charge is 0.159 e. The Hall–Kier alpha value is -0.360. The summed E-state index contributed by atoms with van der Waals surface area (Å²) in [6, 6.07) is 7.05. The summed E-state index contributed by atoms with van der Waals surface area (Å²) in [5.74, 6) is 0. The largest absolute Gasteiger partial charge is 0.336 e. The van der Waals surface area contributed by atoms with Crippen molar-refractivity contribution in [1.82, 2.24) is 9.71 Å². The van der Waals surface area contributed by atoms with Gasteiger partial charge in [-0.2, -0.15) is 0 Å². The van der Waals surface area contributed by atoms with Gasteiger partial charge in [0.1, 0.15) is 0 Å². The quantitative estimate of drug-likeness (QED) is 0.624. The molecule has 2 nitrogen and oxygen atoms in total. The van der Waals surface area contributed by atoms with Crippen LogP contribution in [0.5, 0.6) is 0 Å². The highest BCUT2D eigenvalue weighted by Gasteiger charge is 2.13. The molecule has 2 aromatic rings. The normalized spacial score (nSPS) is 17.3. The molecule has 1 fully saturated rings. The SMILES string of the molecule is S=c1[nH]c2c(SNC3CCCCC3)cccc2s1. The third-order valence-electron chi connectivity index (χ3n) is 3.36. The highest BCUT2D eigenvalue weighted by atomic mass is 32.2. The van der Waals surface area contributed by atoms with Gasteiger partial charge in [-0.1, -0.05) is 25.3 Å². The number of para-hydroxylation sites is 1. The fourth-order valence-corrected chi connectivity index (χ4v) is 4.54. The lowest BCUT2D eigenvalue weighted by Gasteiger charge is -2.22. The minimum atomic E-state index is 0.667. The third kappa shape index (κ3) is 2.79. The monoisotopic (exact) mass is 296 g/mol. The fraction of sp³-hybridized carbons (Fsp3) is 0.462. The topological polar surface area (TPSA) is 27.8 Å². The lowest BCUT2D eigenvalue weighted by molar-refractivity contribution is 0.423. The van der Waals surface area contributed by atoms with Gasteiger partial charge >= 0.3 is 0 Å². The summed E-state index contributed by atoms with van der Waals surface area (Å²) in [7, 11) is 0. The standard InChI is InChI=1S/C13H16N2S3/c16-13-14-12-10(17-13)7-4-8-11(12)18-15-9-5-2-1-3-6-9/h4,7-9,15H,1-3,5-6H2,(H,14,16). The van der Waals surface area contributed by atoms with Crippen molar-refractivity contribution in [2.24, 2.45) is 0 Å². The minimum absolute atomic E-state index is 0.667. The predicted molar refractivity (Wildman–Crippen MR) is 82.9 cm³/mol. The van der Waals surface area contributed by atoms with Crippen LogP contribution in [0.1, 0.15) is 32.1 Å². The summed E-state index contributed by atoms with van der Waals surface area (Å²) in [4.78, 5) is 4.54. The maximum absolute atomic E-state index is 5.22. The number of nitrogens with one attached hydrogen (secondary N) is 2. The van der Waals surface area contributed by atoms with Gasteiger partial charge in [0.25, 0.3) is 0 Å². The number of H-pyrrole nitrogens is 1. The third-order valence-corrected chi connectivity index (χ3v) is 5.57. The molecule has 0 radical (unpaired) electrons. The van der Waals surface area contributed by atoms with Gasteiger partial charge in [-0.25, -0.2) is 0 Å². The Morgan fingerprint density at radius 3 is 2.94 bits per heavy atom. The number of aromatic amines is 1. The van der Waals surface area contributed by atoms with Gasteiger partial charge in [0.2, 0.25) is 0 Å². The highest BCUT2D eigenvalue weighted by Crippen LogP contribution is 2.29. The molecule has 18 heavy (non-hydrogen) atoms. The number of benzene rings is 1. The number of rotatable bonds is 3. The van der Waals surface area contributed by atoms with Gasteiger partial charge in [-0.05, 0) is 49.1 Å². The van der Waals surface area contributed by atoms with Crippen molar-refractivity contribution < 1.29 is 0 Å². The second-order valence-corrected chi connectivity index (χ2v) is 7.30. The molecule has 1 saturated carbocycles. The van der Waals surface area contributed by atoms with Crippen LogP contribution in [0.3, 0.4) is 0 Å². The molecule has 5 heteroatoms. The molecule has 0 unspecified atom stereocenters. The lowest BCUT2D eigenvalue weighted by Crippen LogP contribution is -2.25. The van der Waals surface area contributed by atoms with Gasteiger partial charge in [-0.3, -0.25) is 4.72 Å². The van der Waals surface area contributed by atoms with Crippen LogP contribution < -0.4 is 4.72 Å². The molecule has 0 amide bonds. The van der Waals surface area contributed by atoms with E-state index in [9.17, 15) is 0 Å². The van der Waals surface area contributed by atoms with Crippen molar-refractivity contribution in [3.05, 3.63) is 22.2 Å². The summed E-state index contributed by atoms with van der Waals surface area (Å²) >= 11 is 8.61. The van der Waals surface area contributed by atoms with E-state index in [0.717, 1.165) is 3.95 Å². The zero-order chi connectivity index (χ0) is 12.4. The molecule has 96 valence electrons. The van der Waals surface area contributed by atoms with E-state index in [2.05, 4.69) is 27.9 Å². The zero-order valence-electron chi connectivity index (χ0n) is 10.1. The first kappa shape index (κ1) is 12.7. The van der Waals surface area contributed by atoms with Crippen molar-refractivity contribution in [2.75, 3.05) is 0 Å². The lowest BCUT2D eigenvalue weighted by atomic mass is 9.96. The number of fused-ring (bicyclic) bond motifs is 1. The van der Waals surface area contributed by atoms with E-state index in [4.69, 9.17) is 12.2 Å². The molecule has 2 N–H and O–H groups in total. The Balaban J connectivity index is 1.75. The van der Waals surface area contributed by atoms with E-state index >= 15 is 0 Å². The predicted octanol–water partition coefficient (Wildman–Crippen LogP) is 4.89. The van der Waals surface area contributed by atoms with E-state index in [1.807, 2.05) is 0 Å². The second-order valence-electron chi connectivity index (χ2n) is 4.70. The maximum Gasteiger partial charge on any atom is 0.159 e. The Morgan fingerprint density at radius 1 is 1.28 bits per heavy atom. The molecule has 1 heterocycles. The Kier molecular flexibility index (Phi) is 4.03. The van der Waals surface area contributed by atoms with Gasteiger partial charge in [0.05, 0.1) is 10.2 Å². The van der Waals surface area contributed by atoms with Crippen LogP contribution in [0.25, 0.3) is 10.2 Å². The molecule has 1 aromatic heterocycles. The molecular formula is C13H16N2S3. The second kappa shape index (κ2) is 5.74. The van der Waals surface area contributed by atoms with Crippen LogP contribution in [-0.2, 0) is 0 Å². The summed E-state index contributed by atoms with van der Waals surface area (Å²) in [5.41, 5.74) is 1.18. The van der Waals surface area contributed by atoms with Crippen molar-refractivity contribution in [2.45, 2.75) is 43.0 Å². The number of thiazole rings is 1. The fourth-order valence-electron chi connectivity index (χ4n) is 2.40. The molecule has 0 aliphatic heterocycles. The van der Waals surface area contributed by atoms with Crippen LogP contribution >= 0.6 is 35.5 Å². The van der Waals surface area contributed by atoms with Crippen molar-refractivity contribution >= 4 is 45.7 Å². The summed E-state index contributed by atoms with van der Waals surface area (Å²) < 4.78 is 5.71. The first-order chi connectivity index (χ1) is 8.83. The van der Waals surface area contributed by atoms with Crippen LogP contribution in [0, 0.1) is 3.95 Å². The first-order valence-corrected chi connectivity index (χ1v) is 8.41. The van der Waals surface area contributed by atoms with Crippen LogP contribution in [0.2, 0.25) is 0 Å². The first-order valence-electron chi connectivity index (χ1n) is 6.37. The molecule has 0 spiro atoms. The molecule has 0 saturated heterocycles. The van der Waals surface area contributed by atoms with Crippen molar-refractivity contribution in [3.8, 4) is 0 Å². The molecule has 3 rings (SSSR count). The summed E-state index contributed by atoms with van der Waals surface area (Å²) in [5, 5.41) is 0. The van der Waals surface area contributed by atoms with Gasteiger partial charge in [0, 0.05) is 10.9 Å². The average molecular weight is 296 g/mol. The van der Waals surface area contributed by atoms with E-state index in [-0.39, 0.29) is 0 Å². The Bertz CT molecular complexity index is 581. The van der Waals surface area contributed by atoms with Crippen molar-refractivity contribution in [1.29, 1.82) is 0 Å². The molecule has 1 aromatic carbocycles. The number of hydrogen-bond donors (Lipinski definition) is 2. The highest BCUT2D eigenvalue weighted by molar-refractivity contribution is 7.97. The molecule has 0 atom stereocenters. The average Bonchev–Trinajstić information content (AvgIpc) is 2.78. The van der Waals surface area contributed by atoms with Crippen LogP contribution in [-0.4, -0.2) is 11.0 Å². The Labute approximate surface area is 120 Å². The molecular weight excluding hydrogens is 280 g/mol. The van der Waals surface area contributed by atoms with Gasteiger partial charge in [-0.15, -0.1) is 11.3 Å². The van der Waals surface area contributed by atoms with E-state index < -0.39 is 0 Å². The number of hydrogen-bond acceptors (Lipinski definition) is 4. The van der Waals surface area contributed by atoms with E-state index in [0.29, 0.717) is 6.04 Å². The summed E-state index contributed by atoms with van der Waals surface area (Å²) in [6.45, 7) is 0. The summed E-state index contributed by atoms with van der Waals surface area (Å²) in [6.07, 6.45) is 6.74. The Morgan fingerprint density at radius 2 is 2.11 bits per heavy atom. The molecule has 1 aliphatic carbocycles. The van der Waals surface area contributed by atoms with Gasteiger partial charge in [0.15, 0.2) is 3.95 Å². The van der Waals surface area contributed by atoms with Gasteiger partial charge < -0.3 is 4.98 Å². The van der Waals surface area contributed by atoms with E-state index in [1.54, 1.807) is 23.3 Å². The molecule has 1 aliphatic rings. The zero-order valence-corrected chi connectivity index (χ0v) is 12.5. The van der Waals surface area contributed by atoms with E-state index in [1.165, 1.54) is 47.2 Å². The van der Waals surface area contributed by atoms with Crippen LogP contribution in [0.4, 0.5) is 0 Å². The molecule has 0 bridgehead atoms.